The second-order valence-corrected chi connectivity index (χ2v) is 4.62. The van der Waals surface area contributed by atoms with E-state index in [9.17, 15) is 0 Å². The first kappa shape index (κ1) is 10.4. The minimum absolute atomic E-state index is 0.611. The fourth-order valence-corrected chi connectivity index (χ4v) is 2.02. The Labute approximate surface area is 96.7 Å². The molecule has 0 bridgehead atoms. The van der Waals surface area contributed by atoms with Gasteiger partial charge >= 0.3 is 0 Å². The lowest BCUT2D eigenvalue weighted by atomic mass is 10.3. The zero-order valence-electron chi connectivity index (χ0n) is 7.96. The number of imidazole rings is 1. The molecule has 3 nitrogen and oxygen atoms in total. The molecule has 0 fully saturated rings. The number of aromatic nitrogens is 2. The molecular weight excluding hydrogens is 230 g/mol. The summed E-state index contributed by atoms with van der Waals surface area (Å²) in [6.45, 7) is 3.62. The Kier molecular flexibility index (Phi) is 2.88. The number of fused-ring (bicyclic) bond motifs is 1. The van der Waals surface area contributed by atoms with Gasteiger partial charge in [-0.25, -0.2) is 4.98 Å². The average molecular weight is 240 g/mol. The molecule has 2 rings (SSSR count). The number of rotatable bonds is 3. The van der Waals surface area contributed by atoms with Crippen LogP contribution in [0.3, 0.4) is 0 Å². The summed E-state index contributed by atoms with van der Waals surface area (Å²) in [6, 6.07) is 5.58. The van der Waals surface area contributed by atoms with Gasteiger partial charge in [-0.2, -0.15) is 0 Å². The van der Waals surface area contributed by atoms with Crippen molar-refractivity contribution in [3.05, 3.63) is 29.8 Å². The molecular formula is C10H10ClN3S. The van der Waals surface area contributed by atoms with E-state index in [0.717, 1.165) is 21.9 Å². The van der Waals surface area contributed by atoms with E-state index < -0.39 is 0 Å². The van der Waals surface area contributed by atoms with Crippen LogP contribution >= 0.6 is 23.4 Å². The number of H-pyrrole nitrogens is 1. The normalized spacial score (nSPS) is 10.7. The van der Waals surface area contributed by atoms with Crippen molar-refractivity contribution in [2.75, 3.05) is 11.5 Å². The number of hydrogen-bond donors (Lipinski definition) is 2. The molecule has 0 unspecified atom stereocenters. The van der Waals surface area contributed by atoms with E-state index in [-0.39, 0.29) is 0 Å². The topological polar surface area (TPSA) is 54.7 Å². The van der Waals surface area contributed by atoms with Gasteiger partial charge in [0.25, 0.3) is 0 Å². The summed E-state index contributed by atoms with van der Waals surface area (Å²) < 4.78 is 0. The number of nitrogen functional groups attached to an aromatic ring is 1. The van der Waals surface area contributed by atoms with Crippen LogP contribution in [0.1, 0.15) is 0 Å². The fraction of sp³-hybridized carbons (Fsp3) is 0.100. The highest BCUT2D eigenvalue weighted by atomic mass is 35.5. The minimum atomic E-state index is 0.611. The van der Waals surface area contributed by atoms with E-state index in [1.54, 1.807) is 0 Å². The summed E-state index contributed by atoms with van der Waals surface area (Å²) in [5.41, 5.74) is 8.24. The molecule has 0 saturated carbocycles. The van der Waals surface area contributed by atoms with Crippen molar-refractivity contribution in [1.82, 2.24) is 9.97 Å². The Morgan fingerprint density at radius 3 is 3.13 bits per heavy atom. The number of nitrogens with zero attached hydrogens (tertiary/aromatic N) is 1. The van der Waals surface area contributed by atoms with E-state index in [2.05, 4.69) is 16.5 Å². The summed E-state index contributed by atoms with van der Waals surface area (Å²) in [5, 5.41) is 1.44. The maximum atomic E-state index is 5.67. The third kappa shape index (κ3) is 2.46. The smallest absolute Gasteiger partial charge is 0.166 e. The van der Waals surface area contributed by atoms with Crippen LogP contribution in [0.4, 0.5) is 5.69 Å². The minimum Gasteiger partial charge on any atom is -0.399 e. The Bertz CT molecular complexity index is 506. The zero-order chi connectivity index (χ0) is 10.8. The Morgan fingerprint density at radius 2 is 2.40 bits per heavy atom. The lowest BCUT2D eigenvalue weighted by molar-refractivity contribution is 1.08. The number of hydrogen-bond acceptors (Lipinski definition) is 3. The summed E-state index contributed by atoms with van der Waals surface area (Å²) in [5.74, 6) is 0.650. The number of benzene rings is 1. The standard InChI is InChI=1S/C10H10ClN3S/c1-6(11)5-15-10-13-8-3-2-7(12)4-9(8)14-10/h2-4H,1,5,12H2,(H,13,14). The highest BCUT2D eigenvalue weighted by Gasteiger charge is 2.03. The zero-order valence-corrected chi connectivity index (χ0v) is 9.53. The number of nitrogens with one attached hydrogen (secondary N) is 1. The molecule has 0 aliphatic heterocycles. The molecule has 0 aliphatic rings. The Morgan fingerprint density at radius 1 is 1.60 bits per heavy atom. The van der Waals surface area contributed by atoms with E-state index in [0.29, 0.717) is 10.8 Å². The molecule has 5 heteroatoms. The van der Waals surface area contributed by atoms with Crippen LogP contribution in [0.25, 0.3) is 11.0 Å². The van der Waals surface area contributed by atoms with Crippen molar-refractivity contribution in [1.29, 1.82) is 0 Å². The van der Waals surface area contributed by atoms with Crippen molar-refractivity contribution in [3.63, 3.8) is 0 Å². The molecule has 0 spiro atoms. The van der Waals surface area contributed by atoms with Crippen molar-refractivity contribution in [3.8, 4) is 0 Å². The van der Waals surface area contributed by atoms with Gasteiger partial charge in [0.15, 0.2) is 5.16 Å². The first-order chi connectivity index (χ1) is 7.15. The molecule has 78 valence electrons. The van der Waals surface area contributed by atoms with E-state index in [1.165, 1.54) is 11.8 Å². The first-order valence-electron chi connectivity index (χ1n) is 4.36. The Balaban J connectivity index is 2.27. The first-order valence-corrected chi connectivity index (χ1v) is 5.73. The highest BCUT2D eigenvalue weighted by molar-refractivity contribution is 7.99. The van der Waals surface area contributed by atoms with Crippen LogP contribution in [0.2, 0.25) is 0 Å². The van der Waals surface area contributed by atoms with Crippen molar-refractivity contribution in [2.45, 2.75) is 5.16 Å². The SMILES string of the molecule is C=C(Cl)CSc1nc2ccc(N)cc2[nH]1. The number of nitrogens with two attached hydrogens (primary N) is 1. The van der Waals surface area contributed by atoms with Crippen molar-refractivity contribution in [2.24, 2.45) is 0 Å². The maximum Gasteiger partial charge on any atom is 0.166 e. The molecule has 0 radical (unpaired) electrons. The predicted molar refractivity (Wildman–Crippen MR) is 66.2 cm³/mol. The highest BCUT2D eigenvalue weighted by Crippen LogP contribution is 2.22. The monoisotopic (exact) mass is 239 g/mol. The molecule has 3 N–H and O–H groups in total. The molecule has 1 heterocycles. The predicted octanol–water partition coefficient (Wildman–Crippen LogP) is 2.99. The van der Waals surface area contributed by atoms with Crippen molar-refractivity contribution < 1.29 is 0 Å². The lowest BCUT2D eigenvalue weighted by Gasteiger charge is -1.92. The van der Waals surface area contributed by atoms with Crippen LogP contribution in [-0.2, 0) is 0 Å². The molecule has 2 aromatic rings. The van der Waals surface area contributed by atoms with Crippen LogP contribution in [-0.4, -0.2) is 15.7 Å². The molecule has 0 atom stereocenters. The maximum absolute atomic E-state index is 5.67. The lowest BCUT2D eigenvalue weighted by Crippen LogP contribution is -1.82. The van der Waals surface area contributed by atoms with E-state index in [1.807, 2.05) is 18.2 Å². The van der Waals surface area contributed by atoms with Crippen LogP contribution < -0.4 is 5.73 Å². The second-order valence-electron chi connectivity index (χ2n) is 3.12. The summed E-state index contributed by atoms with van der Waals surface area (Å²) >= 11 is 7.20. The number of thioether (sulfide) groups is 1. The molecule has 1 aromatic heterocycles. The summed E-state index contributed by atoms with van der Waals surface area (Å²) in [7, 11) is 0. The molecule has 0 aliphatic carbocycles. The average Bonchev–Trinajstić information content (AvgIpc) is 2.56. The van der Waals surface area contributed by atoms with Gasteiger partial charge in [-0.3, -0.25) is 0 Å². The van der Waals surface area contributed by atoms with Gasteiger partial charge in [-0.1, -0.05) is 29.9 Å². The molecule has 0 saturated heterocycles. The van der Waals surface area contributed by atoms with Gasteiger partial charge in [0.1, 0.15) is 0 Å². The number of aromatic amines is 1. The van der Waals surface area contributed by atoms with Crippen LogP contribution in [0.5, 0.6) is 0 Å². The molecule has 0 amide bonds. The van der Waals surface area contributed by atoms with Gasteiger partial charge in [0, 0.05) is 16.5 Å². The van der Waals surface area contributed by atoms with Crippen LogP contribution in [0.15, 0.2) is 35.0 Å². The fourth-order valence-electron chi connectivity index (χ4n) is 1.22. The summed E-state index contributed by atoms with van der Waals surface area (Å²) in [4.78, 5) is 7.54. The van der Waals surface area contributed by atoms with Crippen LogP contribution in [0, 0.1) is 0 Å². The third-order valence-corrected chi connectivity index (χ3v) is 3.10. The summed E-state index contributed by atoms with van der Waals surface area (Å²) in [6.07, 6.45) is 0. The quantitative estimate of drug-likeness (QED) is 0.640. The van der Waals surface area contributed by atoms with E-state index in [4.69, 9.17) is 17.3 Å². The molecule has 15 heavy (non-hydrogen) atoms. The number of anilines is 1. The third-order valence-electron chi connectivity index (χ3n) is 1.85. The molecule has 1 aromatic carbocycles. The van der Waals surface area contributed by atoms with Gasteiger partial charge in [-0.15, -0.1) is 0 Å². The van der Waals surface area contributed by atoms with Crippen molar-refractivity contribution >= 4 is 40.1 Å². The van der Waals surface area contributed by atoms with Gasteiger partial charge in [0.05, 0.1) is 11.0 Å². The van der Waals surface area contributed by atoms with Gasteiger partial charge in [0.2, 0.25) is 0 Å². The van der Waals surface area contributed by atoms with E-state index >= 15 is 0 Å². The largest absolute Gasteiger partial charge is 0.399 e. The van der Waals surface area contributed by atoms with Gasteiger partial charge < -0.3 is 10.7 Å². The second kappa shape index (κ2) is 4.16. The van der Waals surface area contributed by atoms with Gasteiger partial charge in [-0.05, 0) is 18.2 Å². The number of halogens is 1. The Hall–Kier alpha value is -1.13.